The number of aromatic nitrogens is 1. The second-order valence-electron chi connectivity index (χ2n) is 3.51. The molecule has 3 N–H and O–H groups in total. The van der Waals surface area contributed by atoms with E-state index in [0.717, 1.165) is 5.69 Å². The second kappa shape index (κ2) is 3.58. The number of aromatic amines is 1. The van der Waals surface area contributed by atoms with Crippen molar-refractivity contribution in [3.8, 4) is 0 Å². The molecular formula is C12H14N2. The van der Waals surface area contributed by atoms with Gasteiger partial charge in [-0.2, -0.15) is 0 Å². The summed E-state index contributed by atoms with van der Waals surface area (Å²) < 4.78 is 0. The van der Waals surface area contributed by atoms with Crippen molar-refractivity contribution in [1.29, 1.82) is 0 Å². The van der Waals surface area contributed by atoms with Crippen LogP contribution in [0.4, 0.5) is 5.69 Å². The molecule has 0 aliphatic heterocycles. The molecule has 2 aromatic rings. The third-order valence-corrected chi connectivity index (χ3v) is 2.52. The van der Waals surface area contributed by atoms with Crippen LogP contribution < -0.4 is 5.73 Å². The summed E-state index contributed by atoms with van der Waals surface area (Å²) in [5.41, 5.74) is 8.96. The topological polar surface area (TPSA) is 41.8 Å². The number of hydrogen-bond acceptors (Lipinski definition) is 1. The summed E-state index contributed by atoms with van der Waals surface area (Å²) in [7, 11) is 0. The predicted molar refractivity (Wildman–Crippen MR) is 59.2 cm³/mol. The monoisotopic (exact) mass is 186 g/mol. The maximum Gasteiger partial charge on any atom is 0.0314 e. The van der Waals surface area contributed by atoms with Crippen molar-refractivity contribution in [1.82, 2.24) is 4.98 Å². The minimum absolute atomic E-state index is 0.394. The van der Waals surface area contributed by atoms with Gasteiger partial charge in [-0.05, 0) is 29.8 Å². The molecule has 0 saturated carbocycles. The molecular weight excluding hydrogens is 172 g/mol. The molecule has 1 atom stereocenters. The molecule has 0 amide bonds. The van der Waals surface area contributed by atoms with E-state index in [1.165, 1.54) is 11.3 Å². The molecule has 0 spiro atoms. The Balaban J connectivity index is 2.28. The Labute approximate surface area is 83.8 Å². The quantitative estimate of drug-likeness (QED) is 0.696. The molecule has 0 radical (unpaired) electrons. The molecule has 2 nitrogen and oxygen atoms in total. The van der Waals surface area contributed by atoms with Crippen molar-refractivity contribution in [3.63, 3.8) is 0 Å². The Morgan fingerprint density at radius 1 is 1.14 bits per heavy atom. The van der Waals surface area contributed by atoms with E-state index in [9.17, 15) is 0 Å². The molecule has 0 fully saturated rings. The van der Waals surface area contributed by atoms with Gasteiger partial charge in [-0.15, -0.1) is 0 Å². The Bertz CT molecular complexity index is 387. The first-order valence-electron chi connectivity index (χ1n) is 4.76. The highest BCUT2D eigenvalue weighted by molar-refractivity contribution is 5.41. The fourth-order valence-electron chi connectivity index (χ4n) is 1.58. The van der Waals surface area contributed by atoms with E-state index in [4.69, 9.17) is 5.73 Å². The zero-order valence-corrected chi connectivity index (χ0v) is 8.20. The van der Waals surface area contributed by atoms with E-state index in [-0.39, 0.29) is 0 Å². The smallest absolute Gasteiger partial charge is 0.0314 e. The van der Waals surface area contributed by atoms with Gasteiger partial charge in [-0.25, -0.2) is 0 Å². The fraction of sp³-hybridized carbons (Fsp3) is 0.167. The lowest BCUT2D eigenvalue weighted by Gasteiger charge is -2.10. The van der Waals surface area contributed by atoms with Crippen LogP contribution in [0.15, 0.2) is 42.6 Å². The van der Waals surface area contributed by atoms with Crippen molar-refractivity contribution in [3.05, 3.63) is 53.9 Å². The predicted octanol–water partition coefficient (Wildman–Crippen LogP) is 2.75. The largest absolute Gasteiger partial charge is 0.399 e. The van der Waals surface area contributed by atoms with E-state index in [0.29, 0.717) is 5.92 Å². The SMILES string of the molecule is CC(c1ccc(N)cc1)c1ccc[nH]1. The summed E-state index contributed by atoms with van der Waals surface area (Å²) in [6.45, 7) is 2.18. The van der Waals surface area contributed by atoms with Crippen LogP contribution >= 0.6 is 0 Å². The van der Waals surface area contributed by atoms with Crippen LogP contribution in [0.25, 0.3) is 0 Å². The molecule has 0 aliphatic rings. The van der Waals surface area contributed by atoms with Crippen molar-refractivity contribution >= 4 is 5.69 Å². The molecule has 1 aromatic carbocycles. The zero-order valence-electron chi connectivity index (χ0n) is 8.20. The Hall–Kier alpha value is -1.70. The molecule has 1 heterocycles. The molecule has 0 bridgehead atoms. The molecule has 2 heteroatoms. The van der Waals surface area contributed by atoms with E-state index in [1.54, 1.807) is 0 Å². The number of nitrogen functional groups attached to an aromatic ring is 1. The molecule has 14 heavy (non-hydrogen) atoms. The average Bonchev–Trinajstić information content (AvgIpc) is 2.71. The van der Waals surface area contributed by atoms with Crippen LogP contribution in [-0.4, -0.2) is 4.98 Å². The third-order valence-electron chi connectivity index (χ3n) is 2.52. The van der Waals surface area contributed by atoms with Gasteiger partial charge in [0.1, 0.15) is 0 Å². The summed E-state index contributed by atoms with van der Waals surface area (Å²) >= 11 is 0. The molecule has 0 aliphatic carbocycles. The standard InChI is InChI=1S/C12H14N2/c1-9(12-3-2-8-14-12)10-4-6-11(13)7-5-10/h2-9,14H,13H2,1H3. The number of anilines is 1. The van der Waals surface area contributed by atoms with E-state index >= 15 is 0 Å². The first-order valence-corrected chi connectivity index (χ1v) is 4.76. The van der Waals surface area contributed by atoms with Crippen LogP contribution in [0.1, 0.15) is 24.1 Å². The molecule has 2 rings (SSSR count). The van der Waals surface area contributed by atoms with E-state index < -0.39 is 0 Å². The van der Waals surface area contributed by atoms with E-state index in [2.05, 4.69) is 30.1 Å². The molecule has 1 aromatic heterocycles. The lowest BCUT2D eigenvalue weighted by Crippen LogP contribution is -1.96. The Morgan fingerprint density at radius 3 is 2.43 bits per heavy atom. The van der Waals surface area contributed by atoms with Gasteiger partial charge in [-0.3, -0.25) is 0 Å². The fourth-order valence-corrected chi connectivity index (χ4v) is 1.58. The summed E-state index contributed by atoms with van der Waals surface area (Å²) in [6.07, 6.45) is 1.95. The summed E-state index contributed by atoms with van der Waals surface area (Å²) in [5.74, 6) is 0.394. The van der Waals surface area contributed by atoms with Gasteiger partial charge >= 0.3 is 0 Å². The van der Waals surface area contributed by atoms with Crippen molar-refractivity contribution < 1.29 is 0 Å². The van der Waals surface area contributed by atoms with Crippen LogP contribution in [0.3, 0.4) is 0 Å². The Morgan fingerprint density at radius 2 is 1.86 bits per heavy atom. The number of nitrogens with two attached hydrogens (primary N) is 1. The summed E-state index contributed by atoms with van der Waals surface area (Å²) in [4.78, 5) is 3.22. The van der Waals surface area contributed by atoms with Gasteiger partial charge in [0.05, 0.1) is 0 Å². The van der Waals surface area contributed by atoms with Gasteiger partial charge in [0.25, 0.3) is 0 Å². The maximum atomic E-state index is 5.64. The number of hydrogen-bond donors (Lipinski definition) is 2. The summed E-state index contributed by atoms with van der Waals surface area (Å²) in [5, 5.41) is 0. The number of rotatable bonds is 2. The van der Waals surface area contributed by atoms with Gasteiger partial charge < -0.3 is 10.7 Å². The zero-order chi connectivity index (χ0) is 9.97. The highest BCUT2D eigenvalue weighted by atomic mass is 14.7. The lowest BCUT2D eigenvalue weighted by atomic mass is 9.98. The van der Waals surface area contributed by atoms with Gasteiger partial charge in [0.15, 0.2) is 0 Å². The Kier molecular flexibility index (Phi) is 2.27. The van der Waals surface area contributed by atoms with Crippen LogP contribution in [-0.2, 0) is 0 Å². The van der Waals surface area contributed by atoms with Gasteiger partial charge in [0.2, 0.25) is 0 Å². The minimum Gasteiger partial charge on any atom is -0.399 e. The number of nitrogens with one attached hydrogen (secondary N) is 1. The van der Waals surface area contributed by atoms with Crippen LogP contribution in [0.2, 0.25) is 0 Å². The van der Waals surface area contributed by atoms with Gasteiger partial charge in [-0.1, -0.05) is 19.1 Å². The minimum atomic E-state index is 0.394. The van der Waals surface area contributed by atoms with E-state index in [1.807, 2.05) is 24.4 Å². The van der Waals surface area contributed by atoms with Crippen molar-refractivity contribution in [2.24, 2.45) is 0 Å². The normalized spacial score (nSPS) is 12.6. The third kappa shape index (κ3) is 1.64. The van der Waals surface area contributed by atoms with Crippen LogP contribution in [0.5, 0.6) is 0 Å². The maximum absolute atomic E-state index is 5.64. The molecule has 72 valence electrons. The average molecular weight is 186 g/mol. The highest BCUT2D eigenvalue weighted by Gasteiger charge is 2.07. The highest BCUT2D eigenvalue weighted by Crippen LogP contribution is 2.22. The van der Waals surface area contributed by atoms with Crippen molar-refractivity contribution in [2.75, 3.05) is 5.73 Å². The molecule has 0 saturated heterocycles. The first kappa shape index (κ1) is 8.88. The van der Waals surface area contributed by atoms with Crippen molar-refractivity contribution in [2.45, 2.75) is 12.8 Å². The van der Waals surface area contributed by atoms with Crippen LogP contribution in [0, 0.1) is 0 Å². The summed E-state index contributed by atoms with van der Waals surface area (Å²) in [6, 6.07) is 12.1. The molecule has 1 unspecified atom stereocenters. The number of H-pyrrole nitrogens is 1. The van der Waals surface area contributed by atoms with Gasteiger partial charge in [0, 0.05) is 23.5 Å². The number of benzene rings is 1. The lowest BCUT2D eigenvalue weighted by molar-refractivity contribution is 0.884. The second-order valence-corrected chi connectivity index (χ2v) is 3.51. The first-order chi connectivity index (χ1) is 6.77.